The predicted octanol–water partition coefficient (Wildman–Crippen LogP) is 2.84. The zero-order valence-electron chi connectivity index (χ0n) is 9.12. The zero-order valence-corrected chi connectivity index (χ0v) is 10.7. The molecule has 0 aliphatic carbocycles. The van der Waals surface area contributed by atoms with Crippen LogP contribution in [0.5, 0.6) is 0 Å². The van der Waals surface area contributed by atoms with Crippen LogP contribution < -0.4 is 0 Å². The van der Waals surface area contributed by atoms with E-state index in [0.29, 0.717) is 12.3 Å². The van der Waals surface area contributed by atoms with Gasteiger partial charge in [-0.3, -0.25) is 4.79 Å². The second kappa shape index (κ2) is 5.95. The minimum Gasteiger partial charge on any atom is -0.459 e. The Balaban J connectivity index is 2.76. The first-order valence-corrected chi connectivity index (χ1v) is 6.22. The van der Waals surface area contributed by atoms with E-state index in [1.165, 1.54) is 0 Å². The van der Waals surface area contributed by atoms with E-state index < -0.39 is 0 Å². The summed E-state index contributed by atoms with van der Waals surface area (Å²) in [6.45, 7) is 5.43. The second-order valence-corrected chi connectivity index (χ2v) is 4.21. The number of amides is 1. The minimum absolute atomic E-state index is 0.0150. The summed E-state index contributed by atoms with van der Waals surface area (Å²) in [5, 5.41) is 0.790. The average molecular weight is 274 g/mol. The van der Waals surface area contributed by atoms with Crippen LogP contribution >= 0.6 is 15.9 Å². The molecule has 0 unspecified atom stereocenters. The molecular weight excluding hydrogens is 258 g/mol. The van der Waals surface area contributed by atoms with E-state index in [0.717, 1.165) is 23.9 Å². The maximum Gasteiger partial charge on any atom is 0.289 e. The van der Waals surface area contributed by atoms with Gasteiger partial charge >= 0.3 is 0 Å². The molecule has 0 fully saturated rings. The third-order valence-corrected chi connectivity index (χ3v) is 2.55. The number of carbonyl (C=O) groups is 1. The number of carbonyl (C=O) groups excluding carboxylic acids is 1. The smallest absolute Gasteiger partial charge is 0.289 e. The van der Waals surface area contributed by atoms with Crippen molar-refractivity contribution in [3.8, 4) is 0 Å². The van der Waals surface area contributed by atoms with E-state index in [4.69, 9.17) is 4.42 Å². The fraction of sp³-hybridized carbons (Fsp3) is 0.545. The van der Waals surface area contributed by atoms with Crippen molar-refractivity contribution in [3.63, 3.8) is 0 Å². The number of hydrogen-bond acceptors (Lipinski definition) is 2. The highest BCUT2D eigenvalue weighted by atomic mass is 79.9. The topological polar surface area (TPSA) is 33.5 Å². The Morgan fingerprint density at radius 1 is 1.53 bits per heavy atom. The lowest BCUT2D eigenvalue weighted by atomic mass is 10.2. The molecule has 0 saturated carbocycles. The van der Waals surface area contributed by atoms with Gasteiger partial charge in [-0.2, -0.15) is 0 Å². The van der Waals surface area contributed by atoms with Crippen LogP contribution in [-0.2, 0) is 0 Å². The molecule has 0 aliphatic heterocycles. The molecule has 1 aromatic rings. The van der Waals surface area contributed by atoms with Crippen molar-refractivity contribution >= 4 is 21.8 Å². The maximum atomic E-state index is 12.0. The van der Waals surface area contributed by atoms with E-state index >= 15 is 0 Å². The summed E-state index contributed by atoms with van der Waals surface area (Å²) in [6.07, 6.45) is 2.51. The van der Waals surface area contributed by atoms with Gasteiger partial charge in [0.05, 0.1) is 6.26 Å². The summed E-state index contributed by atoms with van der Waals surface area (Å²) in [4.78, 5) is 13.8. The normalized spacial score (nSPS) is 10.3. The first-order chi connectivity index (χ1) is 7.20. The Kier molecular flexibility index (Phi) is 4.88. The molecule has 0 saturated heterocycles. The highest BCUT2D eigenvalue weighted by Crippen LogP contribution is 2.12. The Hall–Kier alpha value is -0.770. The van der Waals surface area contributed by atoms with Crippen LogP contribution in [0.25, 0.3) is 0 Å². The zero-order chi connectivity index (χ0) is 11.3. The number of halogens is 1. The molecule has 0 aromatic carbocycles. The van der Waals surface area contributed by atoms with Crippen LogP contribution in [-0.4, -0.2) is 29.2 Å². The second-order valence-electron chi connectivity index (χ2n) is 3.41. The van der Waals surface area contributed by atoms with E-state index in [-0.39, 0.29) is 5.91 Å². The molecule has 1 aromatic heterocycles. The predicted molar refractivity (Wildman–Crippen MR) is 63.4 cm³/mol. The quantitative estimate of drug-likeness (QED) is 0.773. The molecule has 4 heteroatoms. The summed E-state index contributed by atoms with van der Waals surface area (Å²) in [7, 11) is 0. The number of hydrogen-bond donors (Lipinski definition) is 0. The lowest BCUT2D eigenvalue weighted by Crippen LogP contribution is -2.33. The Morgan fingerprint density at radius 2 is 2.27 bits per heavy atom. The summed E-state index contributed by atoms with van der Waals surface area (Å²) in [6, 6.07) is 1.81. The van der Waals surface area contributed by atoms with Gasteiger partial charge in [0.15, 0.2) is 5.76 Å². The van der Waals surface area contributed by atoms with Crippen LogP contribution in [0.2, 0.25) is 0 Å². The minimum atomic E-state index is -0.0150. The third kappa shape index (κ3) is 3.09. The van der Waals surface area contributed by atoms with Gasteiger partial charge in [0, 0.05) is 24.0 Å². The molecule has 0 radical (unpaired) electrons. The average Bonchev–Trinajstić information content (AvgIpc) is 2.63. The number of rotatable bonds is 5. The van der Waals surface area contributed by atoms with Crippen LogP contribution in [0.3, 0.4) is 0 Å². The number of alkyl halides is 1. The first-order valence-electron chi connectivity index (χ1n) is 5.10. The van der Waals surface area contributed by atoms with Gasteiger partial charge in [-0.05, 0) is 19.4 Å². The first kappa shape index (κ1) is 12.3. The Bertz CT molecular complexity index is 316. The standard InChI is InChI=1S/C11H16BrNO2/c1-3-6-13(7-5-12)11(14)10-9(2)4-8-15-10/h4,8H,3,5-7H2,1-2H3. The van der Waals surface area contributed by atoms with E-state index in [1.807, 2.05) is 13.0 Å². The maximum absolute atomic E-state index is 12.0. The van der Waals surface area contributed by atoms with Gasteiger partial charge in [0.2, 0.25) is 0 Å². The van der Waals surface area contributed by atoms with Crippen molar-refractivity contribution < 1.29 is 9.21 Å². The van der Waals surface area contributed by atoms with Crippen LogP contribution in [0.1, 0.15) is 29.5 Å². The fourth-order valence-electron chi connectivity index (χ4n) is 1.42. The number of nitrogens with zero attached hydrogens (tertiary/aromatic N) is 1. The van der Waals surface area contributed by atoms with Gasteiger partial charge in [-0.15, -0.1) is 0 Å². The summed E-state index contributed by atoms with van der Waals surface area (Å²) >= 11 is 3.35. The molecule has 0 aliphatic rings. The van der Waals surface area contributed by atoms with Crippen molar-refractivity contribution in [1.29, 1.82) is 0 Å². The van der Waals surface area contributed by atoms with Gasteiger partial charge in [0.25, 0.3) is 5.91 Å². The van der Waals surface area contributed by atoms with Crippen molar-refractivity contribution in [2.24, 2.45) is 0 Å². The molecule has 3 nitrogen and oxygen atoms in total. The lowest BCUT2D eigenvalue weighted by Gasteiger charge is -2.19. The van der Waals surface area contributed by atoms with Gasteiger partial charge in [-0.25, -0.2) is 0 Å². The fourth-order valence-corrected chi connectivity index (χ4v) is 1.85. The molecule has 1 rings (SSSR count). The van der Waals surface area contributed by atoms with Gasteiger partial charge < -0.3 is 9.32 Å². The van der Waals surface area contributed by atoms with E-state index in [1.54, 1.807) is 11.2 Å². The van der Waals surface area contributed by atoms with E-state index in [9.17, 15) is 4.79 Å². The van der Waals surface area contributed by atoms with Crippen molar-refractivity contribution in [2.75, 3.05) is 18.4 Å². The molecule has 0 N–H and O–H groups in total. The summed E-state index contributed by atoms with van der Waals surface area (Å²) in [5.41, 5.74) is 0.899. The Morgan fingerprint density at radius 3 is 2.73 bits per heavy atom. The third-order valence-electron chi connectivity index (χ3n) is 2.19. The largest absolute Gasteiger partial charge is 0.459 e. The molecule has 1 heterocycles. The lowest BCUT2D eigenvalue weighted by molar-refractivity contribution is 0.0733. The van der Waals surface area contributed by atoms with Gasteiger partial charge in [-0.1, -0.05) is 22.9 Å². The number of aryl methyl sites for hydroxylation is 1. The van der Waals surface area contributed by atoms with Gasteiger partial charge in [0.1, 0.15) is 0 Å². The monoisotopic (exact) mass is 273 g/mol. The molecule has 0 atom stereocenters. The molecule has 1 amide bonds. The molecule has 84 valence electrons. The number of furan rings is 1. The SMILES string of the molecule is CCCN(CCBr)C(=O)c1occc1C. The van der Waals surface area contributed by atoms with E-state index in [2.05, 4.69) is 22.9 Å². The Labute approximate surface area is 98.6 Å². The van der Waals surface area contributed by atoms with Crippen molar-refractivity contribution in [1.82, 2.24) is 4.90 Å². The van der Waals surface area contributed by atoms with Crippen LogP contribution in [0, 0.1) is 6.92 Å². The molecule has 0 spiro atoms. The summed E-state index contributed by atoms with van der Waals surface area (Å²) in [5.74, 6) is 0.447. The summed E-state index contributed by atoms with van der Waals surface area (Å²) < 4.78 is 5.19. The van der Waals surface area contributed by atoms with Crippen molar-refractivity contribution in [2.45, 2.75) is 20.3 Å². The highest BCUT2D eigenvalue weighted by Gasteiger charge is 2.19. The highest BCUT2D eigenvalue weighted by molar-refractivity contribution is 9.09. The van der Waals surface area contributed by atoms with Crippen LogP contribution in [0.4, 0.5) is 0 Å². The molecule has 0 bridgehead atoms. The van der Waals surface area contributed by atoms with Crippen molar-refractivity contribution in [3.05, 3.63) is 23.7 Å². The molecule has 15 heavy (non-hydrogen) atoms. The van der Waals surface area contributed by atoms with Crippen LogP contribution in [0.15, 0.2) is 16.7 Å². The molecular formula is C11H16BrNO2.